The zero-order valence-corrected chi connectivity index (χ0v) is 11.2. The van der Waals surface area contributed by atoms with Crippen molar-refractivity contribution in [2.45, 2.75) is 18.0 Å². The van der Waals surface area contributed by atoms with E-state index in [1.54, 1.807) is 12.1 Å². The Morgan fingerprint density at radius 2 is 2.06 bits per heavy atom. The number of rotatable bonds is 5. The third kappa shape index (κ3) is 3.17. The predicted octanol–water partition coefficient (Wildman–Crippen LogP) is 1.72. The normalized spacial score (nSPS) is 11.6. The van der Waals surface area contributed by atoms with Crippen LogP contribution in [0.15, 0.2) is 46.7 Å². The van der Waals surface area contributed by atoms with Crippen molar-refractivity contribution in [3.8, 4) is 0 Å². The topological polar surface area (TPSA) is 66.4 Å². The molecule has 0 atom stereocenters. The summed E-state index contributed by atoms with van der Waals surface area (Å²) in [6.45, 7) is 0.109. The zero-order chi connectivity index (χ0) is 13.0. The molecule has 0 aliphatic rings. The number of aliphatic hydroxyl groups is 1. The third-order valence-electron chi connectivity index (χ3n) is 2.41. The molecule has 1 aromatic heterocycles. The lowest BCUT2D eigenvalue weighted by Gasteiger charge is -2.06. The van der Waals surface area contributed by atoms with Crippen LogP contribution in [0.3, 0.4) is 0 Å². The Kier molecular flexibility index (Phi) is 4.13. The molecule has 0 amide bonds. The van der Waals surface area contributed by atoms with E-state index in [1.165, 1.54) is 23.5 Å². The van der Waals surface area contributed by atoms with Crippen molar-refractivity contribution in [1.82, 2.24) is 4.72 Å². The smallest absolute Gasteiger partial charge is 0.240 e. The second-order valence-corrected chi connectivity index (χ2v) is 6.51. The summed E-state index contributed by atoms with van der Waals surface area (Å²) in [5, 5.41) is 10.9. The number of benzene rings is 1. The fourth-order valence-electron chi connectivity index (χ4n) is 1.47. The van der Waals surface area contributed by atoms with Gasteiger partial charge in [-0.2, -0.15) is 0 Å². The number of hydrogen-bond donors (Lipinski definition) is 2. The molecular weight excluding hydrogens is 270 g/mol. The minimum atomic E-state index is -3.52. The molecule has 1 aromatic carbocycles. The van der Waals surface area contributed by atoms with Crippen LogP contribution in [0.5, 0.6) is 0 Å². The van der Waals surface area contributed by atoms with Crippen LogP contribution >= 0.6 is 11.3 Å². The van der Waals surface area contributed by atoms with Crippen LogP contribution in [0.4, 0.5) is 0 Å². The summed E-state index contributed by atoms with van der Waals surface area (Å²) in [6, 6.07) is 10.0. The highest BCUT2D eigenvalue weighted by Gasteiger charge is 2.14. The number of hydrogen-bond acceptors (Lipinski definition) is 4. The highest BCUT2D eigenvalue weighted by Crippen LogP contribution is 2.13. The number of aliphatic hydroxyl groups excluding tert-OH is 1. The van der Waals surface area contributed by atoms with E-state index in [2.05, 4.69) is 4.72 Å². The summed E-state index contributed by atoms with van der Waals surface area (Å²) in [7, 11) is -3.52. The van der Waals surface area contributed by atoms with Crippen LogP contribution in [0.2, 0.25) is 0 Å². The van der Waals surface area contributed by atoms with Crippen LogP contribution in [0.1, 0.15) is 10.4 Å². The maximum Gasteiger partial charge on any atom is 0.240 e. The maximum atomic E-state index is 12.0. The molecule has 0 saturated carbocycles. The molecule has 6 heteroatoms. The summed E-state index contributed by atoms with van der Waals surface area (Å²) in [5.41, 5.74) is 0.578. The lowest BCUT2D eigenvalue weighted by Crippen LogP contribution is -2.22. The standard InChI is InChI=1S/C12H13NO3S2/c14-9-10-3-1-5-12(7-10)18(15,16)13-8-11-4-2-6-17-11/h1-7,13-14H,8-9H2. The molecule has 0 unspecified atom stereocenters. The minimum Gasteiger partial charge on any atom is -0.392 e. The van der Waals surface area contributed by atoms with Gasteiger partial charge in [0.25, 0.3) is 0 Å². The Balaban J connectivity index is 2.14. The highest BCUT2D eigenvalue weighted by atomic mass is 32.2. The number of sulfonamides is 1. The van der Waals surface area contributed by atoms with Gasteiger partial charge in [0.05, 0.1) is 11.5 Å². The second-order valence-electron chi connectivity index (χ2n) is 3.71. The van der Waals surface area contributed by atoms with Gasteiger partial charge in [0.1, 0.15) is 0 Å². The van der Waals surface area contributed by atoms with Gasteiger partial charge >= 0.3 is 0 Å². The van der Waals surface area contributed by atoms with E-state index in [1.807, 2.05) is 17.5 Å². The van der Waals surface area contributed by atoms with Gasteiger partial charge in [0.15, 0.2) is 0 Å². The van der Waals surface area contributed by atoms with E-state index < -0.39 is 10.0 Å². The van der Waals surface area contributed by atoms with E-state index in [-0.39, 0.29) is 18.0 Å². The van der Waals surface area contributed by atoms with Crippen LogP contribution in [-0.4, -0.2) is 13.5 Å². The average molecular weight is 283 g/mol. The van der Waals surface area contributed by atoms with E-state index in [0.717, 1.165) is 4.88 Å². The predicted molar refractivity (Wildman–Crippen MR) is 70.7 cm³/mol. The summed E-state index contributed by atoms with van der Waals surface area (Å²) in [5.74, 6) is 0. The first-order valence-corrected chi connectivity index (χ1v) is 7.70. The van der Waals surface area contributed by atoms with Crippen molar-refractivity contribution in [2.24, 2.45) is 0 Å². The van der Waals surface area contributed by atoms with Crippen LogP contribution in [0, 0.1) is 0 Å². The largest absolute Gasteiger partial charge is 0.392 e. The van der Waals surface area contributed by atoms with Crippen molar-refractivity contribution in [3.63, 3.8) is 0 Å². The highest BCUT2D eigenvalue weighted by molar-refractivity contribution is 7.89. The van der Waals surface area contributed by atoms with Gasteiger partial charge in [0, 0.05) is 11.4 Å². The van der Waals surface area contributed by atoms with Gasteiger partial charge in [-0.15, -0.1) is 11.3 Å². The Bertz CT molecular complexity index is 606. The van der Waals surface area contributed by atoms with Gasteiger partial charge in [-0.3, -0.25) is 0 Å². The van der Waals surface area contributed by atoms with Gasteiger partial charge in [0.2, 0.25) is 10.0 Å². The number of nitrogens with one attached hydrogen (secondary N) is 1. The molecule has 2 N–H and O–H groups in total. The summed E-state index contributed by atoms with van der Waals surface area (Å²) in [6.07, 6.45) is 0. The Morgan fingerprint density at radius 1 is 1.22 bits per heavy atom. The minimum absolute atomic E-state index is 0.172. The fourth-order valence-corrected chi connectivity index (χ4v) is 3.29. The van der Waals surface area contributed by atoms with Crippen molar-refractivity contribution in [1.29, 1.82) is 0 Å². The van der Waals surface area contributed by atoms with Gasteiger partial charge in [-0.1, -0.05) is 18.2 Å². The fraction of sp³-hybridized carbons (Fsp3) is 0.167. The Labute approximate surface area is 110 Å². The molecule has 0 fully saturated rings. The molecular formula is C12H13NO3S2. The van der Waals surface area contributed by atoms with Gasteiger partial charge in [-0.25, -0.2) is 13.1 Å². The molecule has 2 aromatic rings. The zero-order valence-electron chi connectivity index (χ0n) is 9.54. The van der Waals surface area contributed by atoms with Crippen LogP contribution in [0.25, 0.3) is 0 Å². The number of thiophene rings is 1. The van der Waals surface area contributed by atoms with Crippen LogP contribution in [-0.2, 0) is 23.2 Å². The Morgan fingerprint density at radius 3 is 2.72 bits per heavy atom. The molecule has 0 saturated heterocycles. The van der Waals surface area contributed by atoms with Gasteiger partial charge in [-0.05, 0) is 29.1 Å². The van der Waals surface area contributed by atoms with E-state index in [0.29, 0.717) is 5.56 Å². The lowest BCUT2D eigenvalue weighted by molar-refractivity contribution is 0.281. The Hall–Kier alpha value is -1.21. The van der Waals surface area contributed by atoms with Gasteiger partial charge < -0.3 is 5.11 Å². The molecule has 18 heavy (non-hydrogen) atoms. The maximum absolute atomic E-state index is 12.0. The van der Waals surface area contributed by atoms with E-state index in [4.69, 9.17) is 5.11 Å². The first-order chi connectivity index (χ1) is 8.62. The summed E-state index contributed by atoms with van der Waals surface area (Å²) < 4.78 is 26.5. The molecule has 0 radical (unpaired) electrons. The molecule has 1 heterocycles. The second kappa shape index (κ2) is 5.62. The quantitative estimate of drug-likeness (QED) is 0.878. The first-order valence-electron chi connectivity index (χ1n) is 5.34. The molecule has 0 bridgehead atoms. The van der Waals surface area contributed by atoms with Crippen molar-refractivity contribution >= 4 is 21.4 Å². The average Bonchev–Trinajstić information content (AvgIpc) is 2.90. The van der Waals surface area contributed by atoms with E-state index >= 15 is 0 Å². The summed E-state index contributed by atoms with van der Waals surface area (Å²) >= 11 is 1.50. The molecule has 0 aliphatic heterocycles. The van der Waals surface area contributed by atoms with E-state index in [9.17, 15) is 8.42 Å². The summed E-state index contributed by atoms with van der Waals surface area (Å²) in [4.78, 5) is 1.13. The first kappa shape index (κ1) is 13.2. The lowest BCUT2D eigenvalue weighted by atomic mass is 10.2. The molecule has 2 rings (SSSR count). The van der Waals surface area contributed by atoms with Crippen LogP contribution < -0.4 is 4.72 Å². The molecule has 96 valence electrons. The SMILES string of the molecule is O=S(=O)(NCc1cccs1)c1cccc(CO)c1. The molecule has 4 nitrogen and oxygen atoms in total. The van der Waals surface area contributed by atoms with Crippen molar-refractivity contribution in [3.05, 3.63) is 52.2 Å². The molecule has 0 aliphatic carbocycles. The molecule has 0 spiro atoms. The van der Waals surface area contributed by atoms with Crippen molar-refractivity contribution in [2.75, 3.05) is 0 Å². The monoisotopic (exact) mass is 283 g/mol. The third-order valence-corrected chi connectivity index (χ3v) is 4.68. The van der Waals surface area contributed by atoms with Crippen molar-refractivity contribution < 1.29 is 13.5 Å².